The number of thiophene rings is 1. The summed E-state index contributed by atoms with van der Waals surface area (Å²) in [5, 5.41) is 18.3. The lowest BCUT2D eigenvalue weighted by atomic mass is 10.3. The molecule has 0 unspecified atom stereocenters. The van der Waals surface area contributed by atoms with E-state index in [1.54, 1.807) is 11.3 Å². The van der Waals surface area contributed by atoms with Crippen molar-refractivity contribution in [3.8, 4) is 6.07 Å². The lowest BCUT2D eigenvalue weighted by Crippen LogP contribution is -1.98. The Balaban J connectivity index is 2.04. The highest BCUT2D eigenvalue weighted by molar-refractivity contribution is 7.10. The van der Waals surface area contributed by atoms with E-state index < -0.39 is 0 Å². The van der Waals surface area contributed by atoms with Gasteiger partial charge in [-0.2, -0.15) is 10.4 Å². The molecule has 1 N–H and O–H groups in total. The molecule has 0 aliphatic heterocycles. The van der Waals surface area contributed by atoms with E-state index in [9.17, 15) is 0 Å². The zero-order valence-electron chi connectivity index (χ0n) is 9.90. The fraction of sp³-hybridized carbons (Fsp3) is 0.333. The highest BCUT2D eigenvalue weighted by Gasteiger charge is 2.06. The third-order valence-electron chi connectivity index (χ3n) is 2.48. The van der Waals surface area contributed by atoms with Gasteiger partial charge in [-0.25, -0.2) is 0 Å². The summed E-state index contributed by atoms with van der Waals surface area (Å²) in [6, 6.07) is 4.05. The zero-order valence-corrected chi connectivity index (χ0v) is 10.7. The van der Waals surface area contributed by atoms with Gasteiger partial charge in [0.15, 0.2) is 0 Å². The van der Waals surface area contributed by atoms with Gasteiger partial charge in [-0.3, -0.25) is 4.68 Å². The lowest BCUT2D eigenvalue weighted by molar-refractivity contribution is 0.746. The first-order valence-electron chi connectivity index (χ1n) is 5.46. The number of hydrogen-bond donors (Lipinski definition) is 1. The van der Waals surface area contributed by atoms with Gasteiger partial charge in [-0.05, 0) is 12.5 Å². The SMILES string of the molecule is CCc1nn(C)cc1NCc1cc(C#N)cs1. The maximum atomic E-state index is 8.74. The fourth-order valence-electron chi connectivity index (χ4n) is 1.66. The first-order valence-corrected chi connectivity index (χ1v) is 6.34. The number of nitriles is 1. The van der Waals surface area contributed by atoms with E-state index in [2.05, 4.69) is 23.4 Å². The minimum absolute atomic E-state index is 0.730. The molecule has 0 fully saturated rings. The van der Waals surface area contributed by atoms with Crippen molar-refractivity contribution in [3.05, 3.63) is 33.8 Å². The monoisotopic (exact) mass is 246 g/mol. The molecule has 17 heavy (non-hydrogen) atoms. The minimum atomic E-state index is 0.730. The average molecular weight is 246 g/mol. The summed E-state index contributed by atoms with van der Waals surface area (Å²) in [5.74, 6) is 0. The predicted molar refractivity (Wildman–Crippen MR) is 68.9 cm³/mol. The van der Waals surface area contributed by atoms with Crippen molar-refractivity contribution in [1.29, 1.82) is 5.26 Å². The third-order valence-corrected chi connectivity index (χ3v) is 3.41. The molecule has 5 heteroatoms. The molecule has 0 aromatic carbocycles. The molecule has 2 aromatic heterocycles. The van der Waals surface area contributed by atoms with Crippen molar-refractivity contribution in [2.24, 2.45) is 7.05 Å². The summed E-state index contributed by atoms with van der Waals surface area (Å²) in [7, 11) is 1.92. The van der Waals surface area contributed by atoms with E-state index in [1.807, 2.05) is 29.4 Å². The Morgan fingerprint density at radius 2 is 2.41 bits per heavy atom. The van der Waals surface area contributed by atoms with Crippen molar-refractivity contribution >= 4 is 17.0 Å². The molecule has 0 atom stereocenters. The van der Waals surface area contributed by atoms with Crippen molar-refractivity contribution in [3.63, 3.8) is 0 Å². The van der Waals surface area contributed by atoms with Gasteiger partial charge in [0.1, 0.15) is 6.07 Å². The minimum Gasteiger partial charge on any atom is -0.377 e. The van der Waals surface area contributed by atoms with E-state index >= 15 is 0 Å². The van der Waals surface area contributed by atoms with Gasteiger partial charge in [0.05, 0.1) is 16.9 Å². The van der Waals surface area contributed by atoms with Crippen molar-refractivity contribution in [2.75, 3.05) is 5.32 Å². The summed E-state index contributed by atoms with van der Waals surface area (Å²) < 4.78 is 1.82. The summed E-state index contributed by atoms with van der Waals surface area (Å²) in [4.78, 5) is 1.16. The summed E-state index contributed by atoms with van der Waals surface area (Å²) >= 11 is 1.60. The summed E-state index contributed by atoms with van der Waals surface area (Å²) in [5.41, 5.74) is 2.88. The van der Waals surface area contributed by atoms with Crippen LogP contribution in [0.2, 0.25) is 0 Å². The second kappa shape index (κ2) is 5.02. The molecule has 0 saturated carbocycles. The van der Waals surface area contributed by atoms with Crippen LogP contribution >= 0.6 is 11.3 Å². The molecule has 88 valence electrons. The molecule has 0 amide bonds. The molecular formula is C12H14N4S. The molecule has 0 bridgehead atoms. The van der Waals surface area contributed by atoms with E-state index in [1.165, 1.54) is 0 Å². The molecule has 0 radical (unpaired) electrons. The molecule has 0 aliphatic rings. The van der Waals surface area contributed by atoms with Crippen LogP contribution in [0.1, 0.15) is 23.1 Å². The second-order valence-corrected chi connectivity index (χ2v) is 4.78. The van der Waals surface area contributed by atoms with Crippen LogP contribution < -0.4 is 5.32 Å². The predicted octanol–water partition coefficient (Wildman–Crippen LogP) is 2.53. The average Bonchev–Trinajstić information content (AvgIpc) is 2.92. The molecule has 2 aromatic rings. The van der Waals surface area contributed by atoms with Crippen LogP contribution in [0, 0.1) is 11.3 Å². The topological polar surface area (TPSA) is 53.6 Å². The maximum absolute atomic E-state index is 8.74. The standard InChI is InChI=1S/C12H14N4S/c1-3-11-12(7-16(2)15-11)14-6-10-4-9(5-13)8-17-10/h4,7-8,14H,3,6H2,1-2H3. The highest BCUT2D eigenvalue weighted by Crippen LogP contribution is 2.18. The molecule has 0 saturated heterocycles. The maximum Gasteiger partial charge on any atom is 0.100 e. The number of hydrogen-bond acceptors (Lipinski definition) is 4. The first-order chi connectivity index (χ1) is 8.22. The van der Waals surface area contributed by atoms with E-state index in [0.717, 1.165) is 34.8 Å². The van der Waals surface area contributed by atoms with Gasteiger partial charge in [0, 0.05) is 30.0 Å². The van der Waals surface area contributed by atoms with Gasteiger partial charge < -0.3 is 5.32 Å². The van der Waals surface area contributed by atoms with E-state index in [0.29, 0.717) is 0 Å². The Morgan fingerprint density at radius 3 is 3.06 bits per heavy atom. The van der Waals surface area contributed by atoms with Crippen molar-refractivity contribution in [1.82, 2.24) is 9.78 Å². The number of nitrogens with zero attached hydrogens (tertiary/aromatic N) is 3. The van der Waals surface area contributed by atoms with Gasteiger partial charge in [-0.1, -0.05) is 6.92 Å². The van der Waals surface area contributed by atoms with Crippen LogP contribution in [-0.2, 0) is 20.0 Å². The number of aryl methyl sites for hydroxylation is 2. The van der Waals surface area contributed by atoms with Crippen LogP contribution in [0.5, 0.6) is 0 Å². The lowest BCUT2D eigenvalue weighted by Gasteiger charge is -2.02. The Hall–Kier alpha value is -1.80. The van der Waals surface area contributed by atoms with E-state index in [4.69, 9.17) is 5.26 Å². The number of anilines is 1. The van der Waals surface area contributed by atoms with Crippen LogP contribution in [0.3, 0.4) is 0 Å². The van der Waals surface area contributed by atoms with Crippen LogP contribution in [-0.4, -0.2) is 9.78 Å². The summed E-state index contributed by atoms with van der Waals surface area (Å²) in [6.07, 6.45) is 2.90. The molecule has 4 nitrogen and oxygen atoms in total. The normalized spacial score (nSPS) is 10.2. The van der Waals surface area contributed by atoms with Gasteiger partial charge >= 0.3 is 0 Å². The van der Waals surface area contributed by atoms with Crippen LogP contribution in [0.25, 0.3) is 0 Å². The molecule has 2 rings (SSSR count). The smallest absolute Gasteiger partial charge is 0.100 e. The molecular weight excluding hydrogens is 232 g/mol. The first kappa shape index (κ1) is 11.7. The summed E-state index contributed by atoms with van der Waals surface area (Å²) in [6.45, 7) is 2.83. The number of rotatable bonds is 4. The molecule has 0 aliphatic carbocycles. The Labute approximate surface area is 105 Å². The van der Waals surface area contributed by atoms with Crippen molar-refractivity contribution in [2.45, 2.75) is 19.9 Å². The van der Waals surface area contributed by atoms with Crippen LogP contribution in [0.4, 0.5) is 5.69 Å². The highest BCUT2D eigenvalue weighted by atomic mass is 32.1. The second-order valence-electron chi connectivity index (χ2n) is 3.78. The Kier molecular flexibility index (Phi) is 3.45. The van der Waals surface area contributed by atoms with Crippen LogP contribution in [0.15, 0.2) is 17.6 Å². The number of aromatic nitrogens is 2. The molecule has 2 heterocycles. The quantitative estimate of drug-likeness (QED) is 0.902. The largest absolute Gasteiger partial charge is 0.377 e. The zero-order chi connectivity index (χ0) is 12.3. The van der Waals surface area contributed by atoms with Gasteiger partial charge in [0.2, 0.25) is 0 Å². The molecule has 0 spiro atoms. The number of nitrogens with one attached hydrogen (secondary N) is 1. The fourth-order valence-corrected chi connectivity index (χ4v) is 2.41. The van der Waals surface area contributed by atoms with Gasteiger partial charge in [-0.15, -0.1) is 11.3 Å². The van der Waals surface area contributed by atoms with Gasteiger partial charge in [0.25, 0.3) is 0 Å². The van der Waals surface area contributed by atoms with Crippen molar-refractivity contribution < 1.29 is 0 Å². The van der Waals surface area contributed by atoms with E-state index in [-0.39, 0.29) is 0 Å². The third kappa shape index (κ3) is 2.66. The Bertz CT molecular complexity index is 547. The Morgan fingerprint density at radius 1 is 1.59 bits per heavy atom.